The van der Waals surface area contributed by atoms with Gasteiger partial charge in [0.25, 0.3) is 0 Å². The highest BCUT2D eigenvalue weighted by Gasteiger charge is 2.33. The van der Waals surface area contributed by atoms with Crippen molar-refractivity contribution in [3.8, 4) is 0 Å². The zero-order valence-corrected chi connectivity index (χ0v) is 15.4. The number of fused-ring (bicyclic) bond motifs is 1. The van der Waals surface area contributed by atoms with E-state index in [9.17, 15) is 0 Å². The predicted octanol–water partition coefficient (Wildman–Crippen LogP) is 4.25. The van der Waals surface area contributed by atoms with Crippen molar-refractivity contribution in [1.82, 2.24) is 20.1 Å². The van der Waals surface area contributed by atoms with Crippen LogP contribution in [0.2, 0.25) is 0 Å². The van der Waals surface area contributed by atoms with Crippen molar-refractivity contribution in [2.45, 2.75) is 72.0 Å². The van der Waals surface area contributed by atoms with E-state index in [4.69, 9.17) is 4.98 Å². The van der Waals surface area contributed by atoms with Gasteiger partial charge in [0.15, 0.2) is 5.65 Å². The maximum atomic E-state index is 4.98. The lowest BCUT2D eigenvalue weighted by atomic mass is 9.82. The van der Waals surface area contributed by atoms with Gasteiger partial charge in [-0.1, -0.05) is 6.08 Å². The van der Waals surface area contributed by atoms with Crippen molar-refractivity contribution in [1.29, 1.82) is 0 Å². The summed E-state index contributed by atoms with van der Waals surface area (Å²) in [5.41, 5.74) is 4.67. The number of rotatable bonds is 2. The Hall–Kier alpha value is -1.68. The summed E-state index contributed by atoms with van der Waals surface area (Å²) < 4.78 is 2.02. The van der Waals surface area contributed by atoms with Crippen molar-refractivity contribution < 1.29 is 0 Å². The summed E-state index contributed by atoms with van der Waals surface area (Å²) in [4.78, 5) is 4.98. The van der Waals surface area contributed by atoms with Gasteiger partial charge >= 0.3 is 0 Å². The minimum absolute atomic E-state index is 0.0279. The van der Waals surface area contributed by atoms with Gasteiger partial charge in [-0.2, -0.15) is 5.10 Å². The summed E-state index contributed by atoms with van der Waals surface area (Å²) in [5.74, 6) is 0. The lowest BCUT2D eigenvalue weighted by molar-refractivity contribution is 0.297. The molecule has 1 N–H and O–H groups in total. The molecule has 1 aliphatic rings. The Morgan fingerprint density at radius 2 is 1.91 bits per heavy atom. The highest BCUT2D eigenvalue weighted by Crippen LogP contribution is 2.34. The normalized spacial score (nSPS) is 20.1. The topological polar surface area (TPSA) is 42.7 Å². The Balaban J connectivity index is 2.16. The average molecular weight is 312 g/mol. The summed E-state index contributed by atoms with van der Waals surface area (Å²) in [7, 11) is 0. The first-order valence-corrected chi connectivity index (χ1v) is 8.44. The van der Waals surface area contributed by atoms with Gasteiger partial charge in [0.1, 0.15) is 0 Å². The van der Waals surface area contributed by atoms with E-state index in [0.29, 0.717) is 6.04 Å². The first-order chi connectivity index (χ1) is 10.6. The highest BCUT2D eigenvalue weighted by molar-refractivity contribution is 5.82. The fraction of sp³-hybridized carbons (Fsp3) is 0.579. The van der Waals surface area contributed by atoms with Crippen molar-refractivity contribution >= 4 is 16.6 Å². The second kappa shape index (κ2) is 5.17. The van der Waals surface area contributed by atoms with Crippen LogP contribution in [0.25, 0.3) is 16.6 Å². The van der Waals surface area contributed by atoms with Gasteiger partial charge < -0.3 is 5.32 Å². The molecule has 0 spiro atoms. The second-order valence-electron chi connectivity index (χ2n) is 8.32. The quantitative estimate of drug-likeness (QED) is 0.901. The third-order valence-electron chi connectivity index (χ3n) is 4.42. The molecule has 23 heavy (non-hydrogen) atoms. The molecule has 0 saturated heterocycles. The van der Waals surface area contributed by atoms with Crippen LogP contribution >= 0.6 is 0 Å². The molecule has 0 atom stereocenters. The Morgan fingerprint density at radius 1 is 1.22 bits per heavy atom. The number of hydrogen-bond acceptors (Lipinski definition) is 3. The average Bonchev–Trinajstić information content (AvgIpc) is 2.79. The van der Waals surface area contributed by atoms with Crippen LogP contribution in [0.3, 0.4) is 0 Å². The zero-order valence-electron chi connectivity index (χ0n) is 15.4. The summed E-state index contributed by atoms with van der Waals surface area (Å²) >= 11 is 0. The molecule has 2 aromatic rings. The number of pyridine rings is 1. The summed E-state index contributed by atoms with van der Waals surface area (Å²) in [6.45, 7) is 15.4. The van der Waals surface area contributed by atoms with Crippen LogP contribution in [0.4, 0.5) is 0 Å². The van der Waals surface area contributed by atoms with Crippen molar-refractivity contribution in [2.75, 3.05) is 0 Å². The van der Waals surface area contributed by atoms with E-state index in [1.54, 1.807) is 0 Å². The van der Waals surface area contributed by atoms with Crippen LogP contribution in [-0.2, 0) is 0 Å². The predicted molar refractivity (Wildman–Crippen MR) is 96.5 cm³/mol. The molecule has 2 aromatic heterocycles. The lowest BCUT2D eigenvalue weighted by Crippen LogP contribution is -2.53. The van der Waals surface area contributed by atoms with Crippen LogP contribution in [0.5, 0.6) is 0 Å². The molecule has 0 bridgehead atoms. The van der Waals surface area contributed by atoms with E-state index in [1.807, 2.05) is 10.9 Å². The molecule has 124 valence electrons. The van der Waals surface area contributed by atoms with Crippen LogP contribution in [0.15, 0.2) is 18.3 Å². The van der Waals surface area contributed by atoms with Crippen LogP contribution in [0.1, 0.15) is 65.3 Å². The van der Waals surface area contributed by atoms with Gasteiger partial charge in [0.05, 0.1) is 11.9 Å². The molecular weight excluding hydrogens is 284 g/mol. The van der Waals surface area contributed by atoms with Gasteiger partial charge in [-0.15, -0.1) is 0 Å². The first kappa shape index (κ1) is 16.2. The van der Waals surface area contributed by atoms with Crippen LogP contribution in [0, 0.1) is 6.92 Å². The number of nitrogens with one attached hydrogen (secondary N) is 1. The van der Waals surface area contributed by atoms with Gasteiger partial charge in [-0.25, -0.2) is 9.67 Å². The smallest absolute Gasteiger partial charge is 0.158 e. The molecule has 0 radical (unpaired) electrons. The Labute approximate surface area is 139 Å². The third-order valence-corrected chi connectivity index (χ3v) is 4.42. The number of aromatic nitrogens is 3. The van der Waals surface area contributed by atoms with E-state index in [-0.39, 0.29) is 11.1 Å². The lowest BCUT2D eigenvalue weighted by Gasteiger charge is -2.41. The Bertz CT molecular complexity index is 778. The molecule has 0 amide bonds. The van der Waals surface area contributed by atoms with Gasteiger partial charge in [-0.3, -0.25) is 0 Å². The first-order valence-electron chi connectivity index (χ1n) is 8.44. The molecule has 0 fully saturated rings. The largest absolute Gasteiger partial charge is 0.303 e. The monoisotopic (exact) mass is 312 g/mol. The van der Waals surface area contributed by atoms with E-state index in [0.717, 1.165) is 23.1 Å². The molecule has 0 unspecified atom stereocenters. The Morgan fingerprint density at radius 3 is 2.52 bits per heavy atom. The third kappa shape index (κ3) is 3.05. The molecule has 4 nitrogen and oxygen atoms in total. The molecular formula is C19H28N4. The molecule has 0 saturated carbocycles. The van der Waals surface area contributed by atoms with Crippen LogP contribution < -0.4 is 5.32 Å². The number of hydrogen-bond donors (Lipinski definition) is 1. The van der Waals surface area contributed by atoms with Gasteiger partial charge in [-0.05, 0) is 72.1 Å². The van der Waals surface area contributed by atoms with E-state index in [2.05, 4.69) is 71.0 Å². The number of aryl methyl sites for hydroxylation is 1. The molecule has 0 aliphatic carbocycles. The fourth-order valence-corrected chi connectivity index (χ4v) is 3.80. The van der Waals surface area contributed by atoms with E-state index >= 15 is 0 Å². The minimum Gasteiger partial charge on any atom is -0.303 e. The Kier molecular flexibility index (Phi) is 3.64. The molecule has 4 heteroatoms. The summed E-state index contributed by atoms with van der Waals surface area (Å²) in [6, 6.07) is 2.52. The standard InChI is InChI=1S/C19H28N4/c1-12(2)23-17-15(11-20-23)13(3)8-16(21-17)14-9-18(4,5)22-19(6,7)10-14/h8-9,11-12,22H,10H2,1-7H3. The maximum Gasteiger partial charge on any atom is 0.158 e. The van der Waals surface area contributed by atoms with Gasteiger partial charge in [0.2, 0.25) is 0 Å². The van der Waals surface area contributed by atoms with Crippen molar-refractivity contribution in [3.63, 3.8) is 0 Å². The molecule has 0 aromatic carbocycles. The maximum absolute atomic E-state index is 4.98. The molecule has 3 rings (SSSR count). The van der Waals surface area contributed by atoms with E-state index < -0.39 is 0 Å². The highest BCUT2D eigenvalue weighted by atomic mass is 15.3. The number of nitrogens with zero attached hydrogens (tertiary/aromatic N) is 3. The van der Waals surface area contributed by atoms with Crippen molar-refractivity contribution in [2.24, 2.45) is 0 Å². The molecule has 1 aliphatic heterocycles. The van der Waals surface area contributed by atoms with Crippen LogP contribution in [-0.4, -0.2) is 25.8 Å². The van der Waals surface area contributed by atoms with Gasteiger partial charge in [0, 0.05) is 22.5 Å². The SMILES string of the molecule is Cc1cc(C2=CC(C)(C)NC(C)(C)C2)nc2c1cnn2C(C)C. The second-order valence-corrected chi connectivity index (χ2v) is 8.32. The minimum atomic E-state index is -0.0279. The molecule has 3 heterocycles. The summed E-state index contributed by atoms with van der Waals surface area (Å²) in [6.07, 6.45) is 5.23. The zero-order chi connectivity index (χ0) is 17.0. The fourth-order valence-electron chi connectivity index (χ4n) is 3.80. The summed E-state index contributed by atoms with van der Waals surface area (Å²) in [5, 5.41) is 9.36. The van der Waals surface area contributed by atoms with Crippen molar-refractivity contribution in [3.05, 3.63) is 29.6 Å². The van der Waals surface area contributed by atoms with E-state index in [1.165, 1.54) is 11.1 Å².